The largest absolute Gasteiger partial charge is 0.316 e. The van der Waals surface area contributed by atoms with Gasteiger partial charge in [0.1, 0.15) is 0 Å². The molecule has 4 nitrogen and oxygen atoms in total. The molecule has 7 heteroatoms. The van der Waals surface area contributed by atoms with E-state index in [4.69, 9.17) is 0 Å². The van der Waals surface area contributed by atoms with E-state index in [0.29, 0.717) is 22.5 Å². The number of sulfonamides is 1. The molecule has 0 fully saturated rings. The molecule has 1 heterocycles. The van der Waals surface area contributed by atoms with E-state index in [1.54, 1.807) is 30.5 Å². The summed E-state index contributed by atoms with van der Waals surface area (Å²) in [7, 11) is -0.0853. The highest BCUT2D eigenvalue weighted by Gasteiger charge is 2.24. The van der Waals surface area contributed by atoms with Gasteiger partial charge in [-0.25, -0.2) is 8.42 Å². The summed E-state index contributed by atoms with van der Waals surface area (Å²) in [5.41, 5.74) is 0.934. The monoisotopic (exact) mass is 388 g/mol. The van der Waals surface area contributed by atoms with Crippen LogP contribution in [0.2, 0.25) is 0 Å². The normalized spacial score (nSPS) is 12.0. The van der Waals surface area contributed by atoms with Gasteiger partial charge in [-0.3, -0.25) is 0 Å². The lowest BCUT2D eigenvalue weighted by Gasteiger charge is -2.18. The number of hydrogen-bond donors (Lipinski definition) is 1. The van der Waals surface area contributed by atoms with Gasteiger partial charge in [-0.15, -0.1) is 11.3 Å². The number of benzene rings is 1. The minimum absolute atomic E-state index is 0.300. The Hall–Kier alpha value is -0.730. The molecule has 0 unspecified atom stereocenters. The molecule has 0 saturated heterocycles. The highest BCUT2D eigenvalue weighted by Crippen LogP contribution is 2.27. The van der Waals surface area contributed by atoms with E-state index in [-0.39, 0.29) is 0 Å². The van der Waals surface area contributed by atoms with Crippen LogP contribution in [0.1, 0.15) is 10.4 Å². The van der Waals surface area contributed by atoms with Crippen LogP contribution in [0.4, 0.5) is 0 Å². The first-order valence-corrected chi connectivity index (χ1v) is 9.48. The fourth-order valence-electron chi connectivity index (χ4n) is 1.93. The van der Waals surface area contributed by atoms with Gasteiger partial charge < -0.3 is 5.32 Å². The highest BCUT2D eigenvalue weighted by atomic mass is 79.9. The van der Waals surface area contributed by atoms with Crippen LogP contribution in [0.25, 0.3) is 0 Å². The number of rotatable bonds is 6. The Bertz CT molecular complexity index is 700. The number of halogens is 1. The predicted octanol–water partition coefficient (Wildman–Crippen LogP) is 3.05. The Morgan fingerprint density at radius 1 is 1.33 bits per heavy atom. The Morgan fingerprint density at radius 2 is 2.10 bits per heavy atom. The molecule has 0 aliphatic carbocycles. The molecular formula is C14H17BrN2O2S2. The summed E-state index contributed by atoms with van der Waals surface area (Å²) in [6, 6.07) is 9.24. The topological polar surface area (TPSA) is 49.4 Å². The molecule has 0 aliphatic rings. The van der Waals surface area contributed by atoms with Crippen molar-refractivity contribution < 1.29 is 8.42 Å². The SMILES string of the molecule is CNCc1ccc(Br)c(S(=O)(=O)N(C)Cc2cccs2)c1. The second-order valence-corrected chi connectivity index (χ2v) is 8.54. The molecule has 2 aromatic rings. The molecular weight excluding hydrogens is 372 g/mol. The van der Waals surface area contributed by atoms with Crippen molar-refractivity contribution in [2.45, 2.75) is 18.0 Å². The molecule has 21 heavy (non-hydrogen) atoms. The van der Waals surface area contributed by atoms with E-state index in [1.807, 2.05) is 30.6 Å². The van der Waals surface area contributed by atoms with E-state index in [2.05, 4.69) is 21.2 Å². The van der Waals surface area contributed by atoms with Crippen molar-refractivity contribution in [1.82, 2.24) is 9.62 Å². The Morgan fingerprint density at radius 3 is 2.71 bits per heavy atom. The second-order valence-electron chi connectivity index (χ2n) is 4.64. The summed E-state index contributed by atoms with van der Waals surface area (Å²) in [6.45, 7) is 1.01. The van der Waals surface area contributed by atoms with Gasteiger partial charge in [-0.2, -0.15) is 4.31 Å². The minimum Gasteiger partial charge on any atom is -0.316 e. The zero-order valence-electron chi connectivity index (χ0n) is 11.8. The quantitative estimate of drug-likeness (QED) is 0.826. The van der Waals surface area contributed by atoms with E-state index >= 15 is 0 Å². The average molecular weight is 389 g/mol. The summed E-state index contributed by atoms with van der Waals surface area (Å²) >= 11 is 4.89. The van der Waals surface area contributed by atoms with Crippen LogP contribution < -0.4 is 5.32 Å². The lowest BCUT2D eigenvalue weighted by Crippen LogP contribution is -2.26. The molecule has 1 N–H and O–H groups in total. The van der Waals surface area contributed by atoms with Crippen LogP contribution >= 0.6 is 27.3 Å². The van der Waals surface area contributed by atoms with Crippen LogP contribution in [0.3, 0.4) is 0 Å². The smallest absolute Gasteiger partial charge is 0.244 e. The molecule has 1 aromatic carbocycles. The molecule has 114 valence electrons. The summed E-state index contributed by atoms with van der Waals surface area (Å²) < 4.78 is 27.4. The molecule has 0 spiro atoms. The molecule has 0 saturated carbocycles. The Kier molecular flexibility index (Phi) is 5.56. The van der Waals surface area contributed by atoms with Gasteiger partial charge in [0.05, 0.1) is 4.90 Å². The van der Waals surface area contributed by atoms with Gasteiger partial charge in [-0.05, 0) is 52.1 Å². The molecule has 0 atom stereocenters. The van der Waals surface area contributed by atoms with Gasteiger partial charge in [-0.1, -0.05) is 12.1 Å². The Labute approximate surface area is 138 Å². The van der Waals surface area contributed by atoms with Gasteiger partial charge in [0.2, 0.25) is 10.0 Å². The van der Waals surface area contributed by atoms with Crippen molar-refractivity contribution in [2.75, 3.05) is 14.1 Å². The predicted molar refractivity (Wildman–Crippen MR) is 89.9 cm³/mol. The van der Waals surface area contributed by atoms with Crippen molar-refractivity contribution in [3.63, 3.8) is 0 Å². The fourth-order valence-corrected chi connectivity index (χ4v) is 4.89. The fraction of sp³-hybridized carbons (Fsp3) is 0.286. The third-order valence-electron chi connectivity index (χ3n) is 3.02. The first kappa shape index (κ1) is 16.6. The first-order valence-electron chi connectivity index (χ1n) is 6.37. The first-order chi connectivity index (χ1) is 9.95. The zero-order chi connectivity index (χ0) is 15.5. The summed E-state index contributed by atoms with van der Waals surface area (Å²) in [6.07, 6.45) is 0. The maximum Gasteiger partial charge on any atom is 0.244 e. The average Bonchev–Trinajstić information content (AvgIpc) is 2.94. The number of thiophene rings is 1. The van der Waals surface area contributed by atoms with Crippen LogP contribution in [0, 0.1) is 0 Å². The third-order valence-corrected chi connectivity index (χ3v) is 6.68. The number of nitrogens with one attached hydrogen (secondary N) is 1. The zero-order valence-corrected chi connectivity index (χ0v) is 15.1. The van der Waals surface area contributed by atoms with Crippen LogP contribution in [-0.2, 0) is 23.1 Å². The van der Waals surface area contributed by atoms with Crippen molar-refractivity contribution in [3.8, 4) is 0 Å². The van der Waals surface area contributed by atoms with Crippen molar-refractivity contribution in [3.05, 3.63) is 50.6 Å². The maximum atomic E-state index is 12.7. The number of nitrogens with zero attached hydrogens (tertiary/aromatic N) is 1. The molecule has 0 bridgehead atoms. The second kappa shape index (κ2) is 7.02. The third kappa shape index (κ3) is 3.92. The summed E-state index contributed by atoms with van der Waals surface area (Å²) in [4.78, 5) is 1.32. The van der Waals surface area contributed by atoms with Gasteiger partial charge >= 0.3 is 0 Å². The number of hydrogen-bond acceptors (Lipinski definition) is 4. The van der Waals surface area contributed by atoms with E-state index in [1.165, 1.54) is 4.31 Å². The Balaban J connectivity index is 2.31. The van der Waals surface area contributed by atoms with Crippen molar-refractivity contribution in [2.24, 2.45) is 0 Å². The van der Waals surface area contributed by atoms with Gasteiger partial charge in [0.25, 0.3) is 0 Å². The molecule has 0 amide bonds. The van der Waals surface area contributed by atoms with Gasteiger partial charge in [0, 0.05) is 29.5 Å². The highest BCUT2D eigenvalue weighted by molar-refractivity contribution is 9.10. The molecule has 0 aliphatic heterocycles. The van der Waals surface area contributed by atoms with Crippen molar-refractivity contribution >= 4 is 37.3 Å². The minimum atomic E-state index is -3.52. The van der Waals surface area contributed by atoms with E-state index < -0.39 is 10.0 Å². The molecule has 0 radical (unpaired) electrons. The maximum absolute atomic E-state index is 12.7. The summed E-state index contributed by atoms with van der Waals surface area (Å²) in [5, 5.41) is 4.97. The molecule has 2 rings (SSSR count). The summed E-state index contributed by atoms with van der Waals surface area (Å²) in [5.74, 6) is 0. The lowest BCUT2D eigenvalue weighted by atomic mass is 10.2. The van der Waals surface area contributed by atoms with Crippen LogP contribution in [-0.4, -0.2) is 26.8 Å². The van der Waals surface area contributed by atoms with Crippen LogP contribution in [0.5, 0.6) is 0 Å². The van der Waals surface area contributed by atoms with E-state index in [9.17, 15) is 8.42 Å². The van der Waals surface area contributed by atoms with Crippen molar-refractivity contribution in [1.29, 1.82) is 0 Å². The standard InChI is InChI=1S/C14H17BrN2O2S2/c1-16-9-11-5-6-13(15)14(8-11)21(18,19)17(2)10-12-4-3-7-20-12/h3-8,16H,9-10H2,1-2H3. The lowest BCUT2D eigenvalue weighted by molar-refractivity contribution is 0.469. The van der Waals surface area contributed by atoms with Gasteiger partial charge in [0.15, 0.2) is 0 Å². The molecule has 1 aromatic heterocycles. The van der Waals surface area contributed by atoms with E-state index in [0.717, 1.165) is 10.4 Å². The van der Waals surface area contributed by atoms with Crippen LogP contribution in [0.15, 0.2) is 45.1 Å².